The highest BCUT2D eigenvalue weighted by Gasteiger charge is 2.35. The second kappa shape index (κ2) is 6.73. The van der Waals surface area contributed by atoms with Crippen LogP contribution in [0.5, 0.6) is 0 Å². The van der Waals surface area contributed by atoms with Crippen molar-refractivity contribution in [1.82, 2.24) is 15.0 Å². The molecule has 0 spiro atoms. The molecule has 6 heteroatoms. The summed E-state index contributed by atoms with van der Waals surface area (Å²) in [4.78, 5) is 17.7. The quantitative estimate of drug-likeness (QED) is 0.908. The van der Waals surface area contributed by atoms with Crippen molar-refractivity contribution in [1.29, 1.82) is 0 Å². The fraction of sp³-hybridized carbons (Fsp3) is 0.500. The van der Waals surface area contributed by atoms with Crippen molar-refractivity contribution < 1.29 is 14.4 Å². The zero-order valence-corrected chi connectivity index (χ0v) is 14.3. The smallest absolute Gasteiger partial charge is 0.308 e. The highest BCUT2D eigenvalue weighted by atomic mass is 16.5. The van der Waals surface area contributed by atoms with Crippen LogP contribution in [0.1, 0.15) is 38.1 Å². The second-order valence-corrected chi connectivity index (χ2v) is 6.90. The van der Waals surface area contributed by atoms with E-state index in [9.17, 15) is 9.90 Å². The first kappa shape index (κ1) is 16.6. The summed E-state index contributed by atoms with van der Waals surface area (Å²) in [7, 11) is 0. The van der Waals surface area contributed by atoms with Gasteiger partial charge in [-0.3, -0.25) is 9.69 Å². The van der Waals surface area contributed by atoms with Crippen LogP contribution in [0.2, 0.25) is 0 Å². The number of aliphatic carboxylic acids is 1. The van der Waals surface area contributed by atoms with Crippen LogP contribution < -0.4 is 0 Å². The van der Waals surface area contributed by atoms with Crippen molar-refractivity contribution in [2.75, 3.05) is 13.1 Å². The Morgan fingerprint density at radius 2 is 2.04 bits per heavy atom. The van der Waals surface area contributed by atoms with Gasteiger partial charge in [0.05, 0.1) is 12.5 Å². The maximum atomic E-state index is 11.2. The monoisotopic (exact) mass is 329 g/mol. The fourth-order valence-electron chi connectivity index (χ4n) is 3.16. The van der Waals surface area contributed by atoms with Crippen LogP contribution in [-0.2, 0) is 11.3 Å². The molecule has 1 aromatic heterocycles. The van der Waals surface area contributed by atoms with E-state index in [1.165, 1.54) is 5.56 Å². The molecule has 1 aliphatic heterocycles. The van der Waals surface area contributed by atoms with Crippen molar-refractivity contribution in [2.24, 2.45) is 11.8 Å². The Bertz CT molecular complexity index is 709. The minimum atomic E-state index is -0.735. The van der Waals surface area contributed by atoms with Gasteiger partial charge in [-0.2, -0.15) is 4.98 Å². The van der Waals surface area contributed by atoms with Crippen molar-refractivity contribution in [3.63, 3.8) is 0 Å². The lowest BCUT2D eigenvalue weighted by atomic mass is 9.99. The van der Waals surface area contributed by atoms with E-state index in [-0.39, 0.29) is 11.8 Å². The molecule has 3 rings (SSSR count). The number of carboxylic acids is 1. The Hall–Kier alpha value is -2.21. The summed E-state index contributed by atoms with van der Waals surface area (Å²) in [5.41, 5.74) is 2.20. The zero-order valence-electron chi connectivity index (χ0n) is 14.3. The molecule has 1 aromatic carbocycles. The van der Waals surface area contributed by atoms with Crippen LogP contribution in [-0.4, -0.2) is 39.2 Å². The third-order valence-corrected chi connectivity index (χ3v) is 4.67. The molecule has 128 valence electrons. The minimum absolute atomic E-state index is 0.133. The van der Waals surface area contributed by atoms with Gasteiger partial charge in [0.15, 0.2) is 0 Å². The third kappa shape index (κ3) is 3.48. The van der Waals surface area contributed by atoms with Crippen LogP contribution in [0.15, 0.2) is 28.8 Å². The van der Waals surface area contributed by atoms with Gasteiger partial charge in [-0.25, -0.2) is 0 Å². The molecule has 0 aliphatic carbocycles. The summed E-state index contributed by atoms with van der Waals surface area (Å²) in [5.74, 6) is 0.656. The first-order valence-electron chi connectivity index (χ1n) is 8.32. The highest BCUT2D eigenvalue weighted by Crippen LogP contribution is 2.25. The van der Waals surface area contributed by atoms with Gasteiger partial charge in [0.25, 0.3) is 0 Å². The Kier molecular flexibility index (Phi) is 4.66. The van der Waals surface area contributed by atoms with Crippen LogP contribution in [0.3, 0.4) is 0 Å². The Balaban J connectivity index is 1.67. The van der Waals surface area contributed by atoms with Gasteiger partial charge in [0.2, 0.25) is 11.7 Å². The van der Waals surface area contributed by atoms with E-state index >= 15 is 0 Å². The predicted molar refractivity (Wildman–Crippen MR) is 89.4 cm³/mol. The molecule has 0 amide bonds. The molecule has 6 nitrogen and oxygen atoms in total. The largest absolute Gasteiger partial charge is 0.481 e. The topological polar surface area (TPSA) is 79.5 Å². The standard InChI is InChI=1S/C18H23N3O3/c1-11(2)13-4-6-14(7-5-13)17-19-16(24-20-17)10-21-8-12(3)15(9-21)18(22)23/h4-7,11-12,15H,8-10H2,1-3H3,(H,22,23)/t12-,15-/m1/s1. The second-order valence-electron chi connectivity index (χ2n) is 6.90. The molecule has 0 bridgehead atoms. The molecule has 24 heavy (non-hydrogen) atoms. The average Bonchev–Trinajstić information content (AvgIpc) is 3.14. The van der Waals surface area contributed by atoms with E-state index in [0.29, 0.717) is 30.7 Å². The molecular weight excluding hydrogens is 306 g/mol. The number of carbonyl (C=O) groups is 1. The number of likely N-dealkylation sites (tertiary alicyclic amines) is 1. The molecule has 0 saturated carbocycles. The lowest BCUT2D eigenvalue weighted by molar-refractivity contribution is -0.142. The van der Waals surface area contributed by atoms with Gasteiger partial charge in [-0.15, -0.1) is 0 Å². The summed E-state index contributed by atoms with van der Waals surface area (Å²) in [6.45, 7) is 8.03. The average molecular weight is 329 g/mol. The normalized spacial score (nSPS) is 21.5. The fourth-order valence-corrected chi connectivity index (χ4v) is 3.16. The number of hydrogen-bond acceptors (Lipinski definition) is 5. The Labute approximate surface area is 141 Å². The van der Waals surface area contributed by atoms with Gasteiger partial charge in [-0.1, -0.05) is 50.2 Å². The first-order valence-corrected chi connectivity index (χ1v) is 8.32. The van der Waals surface area contributed by atoms with Gasteiger partial charge < -0.3 is 9.63 Å². The minimum Gasteiger partial charge on any atom is -0.481 e. The molecule has 1 aliphatic rings. The van der Waals surface area contributed by atoms with Crippen LogP contribution in [0.25, 0.3) is 11.4 Å². The van der Waals surface area contributed by atoms with E-state index in [1.807, 2.05) is 19.1 Å². The van der Waals surface area contributed by atoms with Crippen LogP contribution >= 0.6 is 0 Å². The van der Waals surface area contributed by atoms with Crippen molar-refractivity contribution in [3.8, 4) is 11.4 Å². The van der Waals surface area contributed by atoms with Gasteiger partial charge >= 0.3 is 5.97 Å². The molecule has 1 fully saturated rings. The first-order chi connectivity index (χ1) is 11.4. The lowest BCUT2D eigenvalue weighted by Crippen LogP contribution is -2.23. The maximum absolute atomic E-state index is 11.2. The summed E-state index contributed by atoms with van der Waals surface area (Å²) in [6.07, 6.45) is 0. The van der Waals surface area contributed by atoms with Gasteiger partial charge in [0, 0.05) is 18.7 Å². The molecular formula is C18H23N3O3. The van der Waals surface area contributed by atoms with E-state index in [1.54, 1.807) is 0 Å². The molecule has 2 heterocycles. The molecule has 2 aromatic rings. The van der Waals surface area contributed by atoms with E-state index in [2.05, 4.69) is 41.0 Å². The SMILES string of the molecule is CC(C)c1ccc(-c2noc(CN3C[C@@H](C)[C@H](C(=O)O)C3)n2)cc1. The number of benzene rings is 1. The molecule has 0 unspecified atom stereocenters. The number of nitrogens with zero attached hydrogens (tertiary/aromatic N) is 3. The summed E-state index contributed by atoms with van der Waals surface area (Å²) >= 11 is 0. The van der Waals surface area contributed by atoms with Crippen LogP contribution in [0.4, 0.5) is 0 Å². The predicted octanol–water partition coefficient (Wildman–Crippen LogP) is 3.01. The van der Waals surface area contributed by atoms with E-state index in [0.717, 1.165) is 12.1 Å². The number of carboxylic acid groups (broad SMARTS) is 1. The van der Waals surface area contributed by atoms with Crippen molar-refractivity contribution in [3.05, 3.63) is 35.7 Å². The number of aromatic nitrogens is 2. The van der Waals surface area contributed by atoms with E-state index < -0.39 is 5.97 Å². The van der Waals surface area contributed by atoms with Gasteiger partial charge in [0.1, 0.15) is 0 Å². The van der Waals surface area contributed by atoms with Crippen molar-refractivity contribution in [2.45, 2.75) is 33.2 Å². The summed E-state index contributed by atoms with van der Waals surface area (Å²) < 4.78 is 5.34. The maximum Gasteiger partial charge on any atom is 0.308 e. The van der Waals surface area contributed by atoms with Crippen molar-refractivity contribution >= 4 is 5.97 Å². The molecule has 1 saturated heterocycles. The Morgan fingerprint density at radius 1 is 1.33 bits per heavy atom. The molecule has 2 atom stereocenters. The van der Waals surface area contributed by atoms with Gasteiger partial charge in [-0.05, 0) is 17.4 Å². The lowest BCUT2D eigenvalue weighted by Gasteiger charge is -2.11. The number of hydrogen-bond donors (Lipinski definition) is 1. The Morgan fingerprint density at radius 3 is 2.62 bits per heavy atom. The molecule has 1 N–H and O–H groups in total. The number of rotatable bonds is 5. The third-order valence-electron chi connectivity index (χ3n) is 4.67. The molecule has 0 radical (unpaired) electrons. The highest BCUT2D eigenvalue weighted by molar-refractivity contribution is 5.71. The van der Waals surface area contributed by atoms with E-state index in [4.69, 9.17) is 4.52 Å². The van der Waals surface area contributed by atoms with Crippen LogP contribution in [0, 0.1) is 11.8 Å². The summed E-state index contributed by atoms with van der Waals surface area (Å²) in [5, 5.41) is 13.3. The summed E-state index contributed by atoms with van der Waals surface area (Å²) in [6, 6.07) is 8.16. The zero-order chi connectivity index (χ0) is 17.3.